The summed E-state index contributed by atoms with van der Waals surface area (Å²) in [4.78, 5) is 47.2. The summed E-state index contributed by atoms with van der Waals surface area (Å²) in [5.41, 5.74) is 0.910. The van der Waals surface area contributed by atoms with Crippen LogP contribution in [-0.2, 0) is 9.59 Å². The van der Waals surface area contributed by atoms with Crippen LogP contribution in [0.25, 0.3) is 0 Å². The average Bonchev–Trinajstić information content (AvgIpc) is 2.93. The molecule has 8 nitrogen and oxygen atoms in total. The molecule has 2 aromatic rings. The zero-order valence-electron chi connectivity index (χ0n) is 13.8. The second kappa shape index (κ2) is 6.75. The largest absolute Gasteiger partial charge is 0.416 e. The van der Waals surface area contributed by atoms with E-state index in [0.717, 1.165) is 4.90 Å². The van der Waals surface area contributed by atoms with Gasteiger partial charge >= 0.3 is 11.7 Å². The average molecular weight is 354 g/mol. The number of benzene rings is 2. The maximum atomic E-state index is 12.3. The lowest BCUT2D eigenvalue weighted by Gasteiger charge is -2.14. The second-order valence-electron chi connectivity index (χ2n) is 5.79. The Labute approximate surface area is 148 Å². The normalized spacial score (nSPS) is 13.8. The number of carbonyl (C=O) groups excluding carboxylic acids is 3. The summed E-state index contributed by atoms with van der Waals surface area (Å²) in [7, 11) is 0. The molecule has 3 rings (SSSR count). The van der Waals surface area contributed by atoms with Crippen molar-refractivity contribution in [2.75, 3.05) is 4.90 Å². The summed E-state index contributed by atoms with van der Waals surface area (Å²) in [5, 5.41) is 11.0. The fraction of sp³-hybridized carbons (Fsp3) is 0.167. The molecule has 1 fully saturated rings. The second-order valence-corrected chi connectivity index (χ2v) is 5.79. The smallest absolute Gasteiger partial charge is 0.343 e. The lowest BCUT2D eigenvalue weighted by atomic mass is 10.2. The van der Waals surface area contributed by atoms with Gasteiger partial charge in [0.15, 0.2) is 0 Å². The predicted octanol–water partition coefficient (Wildman–Crippen LogP) is 2.78. The summed E-state index contributed by atoms with van der Waals surface area (Å²) in [6.07, 6.45) is 0.333. The molecule has 1 heterocycles. The highest BCUT2D eigenvalue weighted by Crippen LogP contribution is 2.29. The Bertz CT molecular complexity index is 904. The van der Waals surface area contributed by atoms with Crippen molar-refractivity contribution in [1.29, 1.82) is 0 Å². The Balaban J connectivity index is 1.81. The number of nitro groups is 1. The third-order valence-electron chi connectivity index (χ3n) is 3.93. The molecule has 1 saturated heterocycles. The molecule has 1 aliphatic rings. The number of carbonyl (C=O) groups is 3. The quantitative estimate of drug-likeness (QED) is 0.275. The van der Waals surface area contributed by atoms with E-state index in [-0.39, 0.29) is 41.7 Å². The van der Waals surface area contributed by atoms with Crippen molar-refractivity contribution in [1.82, 2.24) is 0 Å². The molecule has 26 heavy (non-hydrogen) atoms. The van der Waals surface area contributed by atoms with E-state index < -0.39 is 10.9 Å². The zero-order valence-corrected chi connectivity index (χ0v) is 13.8. The van der Waals surface area contributed by atoms with Crippen molar-refractivity contribution in [3.8, 4) is 5.75 Å². The van der Waals surface area contributed by atoms with Crippen molar-refractivity contribution in [3.63, 3.8) is 0 Å². The number of aryl methyl sites for hydroxylation is 1. The summed E-state index contributed by atoms with van der Waals surface area (Å²) >= 11 is 0. The minimum atomic E-state index is -0.774. The van der Waals surface area contributed by atoms with E-state index in [1.165, 1.54) is 36.4 Å². The first kappa shape index (κ1) is 17.3. The summed E-state index contributed by atoms with van der Waals surface area (Å²) in [6, 6.07) is 9.95. The Morgan fingerprint density at radius 2 is 1.69 bits per heavy atom. The molecular formula is C18H14N2O6. The van der Waals surface area contributed by atoms with Crippen molar-refractivity contribution in [3.05, 3.63) is 63.7 Å². The molecule has 0 saturated carbocycles. The van der Waals surface area contributed by atoms with Crippen LogP contribution in [-0.4, -0.2) is 22.7 Å². The number of rotatable bonds is 4. The summed E-state index contributed by atoms with van der Waals surface area (Å²) in [6.45, 7) is 1.72. The van der Waals surface area contributed by atoms with E-state index in [2.05, 4.69) is 0 Å². The van der Waals surface area contributed by atoms with E-state index in [9.17, 15) is 24.5 Å². The molecule has 0 radical (unpaired) electrons. The monoisotopic (exact) mass is 354 g/mol. The SMILES string of the molecule is Cc1ccc([N+](=O)[O-])c(OC(=O)c2ccc(N3C(=O)CCC3=O)cc2)c1. The highest BCUT2D eigenvalue weighted by Gasteiger charge is 2.30. The van der Waals surface area contributed by atoms with Gasteiger partial charge in [0.1, 0.15) is 0 Å². The van der Waals surface area contributed by atoms with Gasteiger partial charge in [-0.1, -0.05) is 6.07 Å². The molecule has 0 bridgehead atoms. The molecule has 132 valence electrons. The number of nitro benzene ring substituents is 1. The molecule has 8 heteroatoms. The maximum Gasteiger partial charge on any atom is 0.343 e. The van der Waals surface area contributed by atoms with Gasteiger partial charge in [-0.25, -0.2) is 4.79 Å². The summed E-state index contributed by atoms with van der Waals surface area (Å²) < 4.78 is 5.15. The van der Waals surface area contributed by atoms with Crippen LogP contribution in [0.4, 0.5) is 11.4 Å². The lowest BCUT2D eigenvalue weighted by Crippen LogP contribution is -2.28. The first-order chi connectivity index (χ1) is 12.4. The first-order valence-electron chi connectivity index (χ1n) is 7.80. The summed E-state index contributed by atoms with van der Waals surface area (Å²) in [5.74, 6) is -1.50. The van der Waals surface area contributed by atoms with Crippen LogP contribution in [0.15, 0.2) is 42.5 Å². The number of ether oxygens (including phenoxy) is 1. The topological polar surface area (TPSA) is 107 Å². The van der Waals surface area contributed by atoms with Gasteiger partial charge in [-0.2, -0.15) is 0 Å². The standard InChI is InChI=1S/C18H14N2O6/c1-11-2-7-14(20(24)25)15(10-11)26-18(23)12-3-5-13(6-4-12)19-16(21)8-9-17(19)22/h2-7,10H,8-9H2,1H3. The fourth-order valence-corrected chi connectivity index (χ4v) is 2.62. The molecule has 0 aromatic heterocycles. The maximum absolute atomic E-state index is 12.3. The third-order valence-corrected chi connectivity index (χ3v) is 3.93. The molecule has 0 atom stereocenters. The molecule has 1 aliphatic heterocycles. The Morgan fingerprint density at radius 3 is 2.27 bits per heavy atom. The number of anilines is 1. The van der Waals surface area contributed by atoms with E-state index in [1.54, 1.807) is 13.0 Å². The number of hydrogen-bond donors (Lipinski definition) is 0. The first-order valence-corrected chi connectivity index (χ1v) is 7.80. The van der Waals surface area contributed by atoms with Crippen LogP contribution >= 0.6 is 0 Å². The molecule has 0 N–H and O–H groups in total. The fourth-order valence-electron chi connectivity index (χ4n) is 2.62. The van der Waals surface area contributed by atoms with Gasteiger partial charge in [-0.05, 0) is 42.8 Å². The minimum absolute atomic E-state index is 0.142. The Hall–Kier alpha value is -3.55. The van der Waals surface area contributed by atoms with Crippen LogP contribution in [0, 0.1) is 17.0 Å². The van der Waals surface area contributed by atoms with Crippen molar-refractivity contribution in [2.45, 2.75) is 19.8 Å². The van der Waals surface area contributed by atoms with E-state index in [4.69, 9.17) is 4.74 Å². The van der Waals surface area contributed by atoms with Crippen LogP contribution < -0.4 is 9.64 Å². The molecular weight excluding hydrogens is 340 g/mol. The highest BCUT2D eigenvalue weighted by atomic mass is 16.6. The Morgan fingerprint density at radius 1 is 1.08 bits per heavy atom. The van der Waals surface area contributed by atoms with Crippen LogP contribution in [0.3, 0.4) is 0 Å². The van der Waals surface area contributed by atoms with E-state index in [1.807, 2.05) is 0 Å². The molecule has 2 amide bonds. The van der Waals surface area contributed by atoms with Gasteiger partial charge in [0.05, 0.1) is 16.2 Å². The third kappa shape index (κ3) is 3.30. The molecule has 2 aromatic carbocycles. The number of imide groups is 1. The van der Waals surface area contributed by atoms with E-state index >= 15 is 0 Å². The molecule has 0 aliphatic carbocycles. The highest BCUT2D eigenvalue weighted by molar-refractivity contribution is 6.19. The molecule has 0 spiro atoms. The predicted molar refractivity (Wildman–Crippen MR) is 91.0 cm³/mol. The van der Waals surface area contributed by atoms with Gasteiger partial charge in [-0.15, -0.1) is 0 Å². The van der Waals surface area contributed by atoms with Gasteiger partial charge in [-0.3, -0.25) is 24.6 Å². The molecule has 0 unspecified atom stereocenters. The van der Waals surface area contributed by atoms with Crippen molar-refractivity contribution >= 4 is 29.2 Å². The van der Waals surface area contributed by atoms with Crippen molar-refractivity contribution in [2.24, 2.45) is 0 Å². The van der Waals surface area contributed by atoms with Crippen LogP contribution in [0.1, 0.15) is 28.8 Å². The Kier molecular flexibility index (Phi) is 4.49. The van der Waals surface area contributed by atoms with Gasteiger partial charge in [0.2, 0.25) is 17.6 Å². The number of amides is 2. The number of nitrogens with zero attached hydrogens (tertiary/aromatic N) is 2. The number of hydrogen-bond acceptors (Lipinski definition) is 6. The van der Waals surface area contributed by atoms with E-state index in [0.29, 0.717) is 11.3 Å². The van der Waals surface area contributed by atoms with Crippen molar-refractivity contribution < 1.29 is 24.0 Å². The number of esters is 1. The lowest BCUT2D eigenvalue weighted by molar-refractivity contribution is -0.385. The van der Waals surface area contributed by atoms with Gasteiger partial charge < -0.3 is 4.74 Å². The minimum Gasteiger partial charge on any atom is -0.416 e. The van der Waals surface area contributed by atoms with Crippen LogP contribution in [0.2, 0.25) is 0 Å². The van der Waals surface area contributed by atoms with Gasteiger partial charge in [0, 0.05) is 18.9 Å². The van der Waals surface area contributed by atoms with Gasteiger partial charge in [0.25, 0.3) is 0 Å². The van der Waals surface area contributed by atoms with Crippen LogP contribution in [0.5, 0.6) is 5.75 Å². The zero-order chi connectivity index (χ0) is 18.8.